The van der Waals surface area contributed by atoms with Crippen LogP contribution in [0.1, 0.15) is 23.0 Å². The lowest BCUT2D eigenvalue weighted by atomic mass is 9.97. The van der Waals surface area contributed by atoms with Crippen molar-refractivity contribution in [3.63, 3.8) is 0 Å². The van der Waals surface area contributed by atoms with Gasteiger partial charge in [-0.2, -0.15) is 0 Å². The van der Waals surface area contributed by atoms with Gasteiger partial charge in [-0.25, -0.2) is 0 Å². The van der Waals surface area contributed by atoms with Gasteiger partial charge in [-0.3, -0.25) is 0 Å². The minimum Gasteiger partial charge on any atom is -0.353 e. The standard InChI is InChI=1S/C16H19N3/c1-17-10-4-7-13(17)16(14-8-5-11-18(14)2)15-9-6-12-19(15)3/h4-12,16H,1-3H3. The molecule has 0 aliphatic heterocycles. The van der Waals surface area contributed by atoms with Crippen molar-refractivity contribution >= 4 is 0 Å². The van der Waals surface area contributed by atoms with Crippen molar-refractivity contribution in [2.45, 2.75) is 5.92 Å². The summed E-state index contributed by atoms with van der Waals surface area (Å²) < 4.78 is 6.60. The summed E-state index contributed by atoms with van der Waals surface area (Å²) in [6.45, 7) is 0. The highest BCUT2D eigenvalue weighted by Gasteiger charge is 2.23. The zero-order chi connectivity index (χ0) is 13.4. The zero-order valence-corrected chi connectivity index (χ0v) is 11.6. The molecule has 0 aliphatic carbocycles. The molecule has 0 N–H and O–H groups in total. The van der Waals surface area contributed by atoms with Gasteiger partial charge in [0, 0.05) is 56.8 Å². The minimum absolute atomic E-state index is 0.264. The van der Waals surface area contributed by atoms with E-state index in [0.717, 1.165) is 0 Å². The summed E-state index contributed by atoms with van der Waals surface area (Å²) in [4.78, 5) is 0. The lowest BCUT2D eigenvalue weighted by Crippen LogP contribution is -2.14. The molecule has 0 saturated heterocycles. The zero-order valence-electron chi connectivity index (χ0n) is 11.6. The van der Waals surface area contributed by atoms with Crippen LogP contribution in [0.25, 0.3) is 0 Å². The molecule has 3 heteroatoms. The predicted molar refractivity (Wildman–Crippen MR) is 77.2 cm³/mol. The largest absolute Gasteiger partial charge is 0.353 e. The summed E-state index contributed by atoms with van der Waals surface area (Å²) in [6.07, 6.45) is 6.32. The van der Waals surface area contributed by atoms with Crippen molar-refractivity contribution in [3.05, 3.63) is 72.1 Å². The van der Waals surface area contributed by atoms with Gasteiger partial charge in [0.2, 0.25) is 0 Å². The second kappa shape index (κ2) is 4.50. The van der Waals surface area contributed by atoms with Crippen molar-refractivity contribution in [2.24, 2.45) is 21.1 Å². The van der Waals surface area contributed by atoms with E-state index in [1.54, 1.807) is 0 Å². The van der Waals surface area contributed by atoms with E-state index < -0.39 is 0 Å². The molecule has 0 spiro atoms. The summed E-state index contributed by atoms with van der Waals surface area (Å²) in [5, 5.41) is 0. The van der Waals surface area contributed by atoms with E-state index in [1.807, 2.05) is 0 Å². The summed E-state index contributed by atoms with van der Waals surface area (Å²) in [5.74, 6) is 0.264. The van der Waals surface area contributed by atoms with Crippen molar-refractivity contribution in [1.82, 2.24) is 13.7 Å². The molecular weight excluding hydrogens is 234 g/mol. The fourth-order valence-electron chi connectivity index (χ4n) is 2.78. The first kappa shape index (κ1) is 11.9. The van der Waals surface area contributed by atoms with Gasteiger partial charge in [-0.05, 0) is 36.4 Å². The van der Waals surface area contributed by atoms with Crippen LogP contribution in [0.15, 0.2) is 55.0 Å². The van der Waals surface area contributed by atoms with Crippen molar-refractivity contribution in [2.75, 3.05) is 0 Å². The Labute approximate surface area is 113 Å². The van der Waals surface area contributed by atoms with Gasteiger partial charge in [0.05, 0.1) is 5.92 Å². The molecule has 3 rings (SSSR count). The molecule has 0 unspecified atom stereocenters. The molecule has 0 aliphatic rings. The Bertz CT molecular complexity index is 589. The Morgan fingerprint density at radius 1 is 0.632 bits per heavy atom. The third kappa shape index (κ3) is 1.91. The topological polar surface area (TPSA) is 14.8 Å². The van der Waals surface area contributed by atoms with Gasteiger partial charge in [0.1, 0.15) is 0 Å². The molecule has 0 atom stereocenters. The quantitative estimate of drug-likeness (QED) is 0.682. The normalized spacial score (nSPS) is 11.4. The van der Waals surface area contributed by atoms with Crippen molar-refractivity contribution in [1.29, 1.82) is 0 Å². The van der Waals surface area contributed by atoms with Crippen LogP contribution >= 0.6 is 0 Å². The number of hydrogen-bond donors (Lipinski definition) is 0. The van der Waals surface area contributed by atoms with Gasteiger partial charge in [0.15, 0.2) is 0 Å². The summed E-state index contributed by atoms with van der Waals surface area (Å²) in [5.41, 5.74) is 3.93. The second-order valence-electron chi connectivity index (χ2n) is 5.06. The lowest BCUT2D eigenvalue weighted by Gasteiger charge is -2.20. The van der Waals surface area contributed by atoms with E-state index in [2.05, 4.69) is 89.8 Å². The van der Waals surface area contributed by atoms with E-state index in [-0.39, 0.29) is 5.92 Å². The van der Waals surface area contributed by atoms with E-state index in [4.69, 9.17) is 0 Å². The third-order valence-electron chi connectivity index (χ3n) is 3.84. The third-order valence-corrected chi connectivity index (χ3v) is 3.84. The second-order valence-corrected chi connectivity index (χ2v) is 5.06. The van der Waals surface area contributed by atoms with E-state index in [9.17, 15) is 0 Å². The Kier molecular flexibility index (Phi) is 2.82. The molecule has 19 heavy (non-hydrogen) atoms. The smallest absolute Gasteiger partial charge is 0.0797 e. The maximum absolute atomic E-state index is 2.20. The molecule has 3 aromatic heterocycles. The van der Waals surface area contributed by atoms with Gasteiger partial charge in [0.25, 0.3) is 0 Å². The molecule has 3 aromatic rings. The molecule has 0 bridgehead atoms. The Balaban J connectivity index is 2.20. The van der Waals surface area contributed by atoms with Crippen LogP contribution in [0.5, 0.6) is 0 Å². The minimum atomic E-state index is 0.264. The molecule has 0 aromatic carbocycles. The van der Waals surface area contributed by atoms with Crippen LogP contribution in [0, 0.1) is 0 Å². The van der Waals surface area contributed by atoms with Crippen LogP contribution in [-0.2, 0) is 21.1 Å². The van der Waals surface area contributed by atoms with Crippen LogP contribution in [-0.4, -0.2) is 13.7 Å². The summed E-state index contributed by atoms with van der Waals surface area (Å²) >= 11 is 0. The maximum atomic E-state index is 2.20. The van der Waals surface area contributed by atoms with Crippen LogP contribution in [0.2, 0.25) is 0 Å². The molecule has 0 radical (unpaired) electrons. The Morgan fingerprint density at radius 3 is 1.16 bits per heavy atom. The van der Waals surface area contributed by atoms with E-state index in [0.29, 0.717) is 0 Å². The Hall–Kier alpha value is -2.16. The lowest BCUT2D eigenvalue weighted by molar-refractivity contribution is 0.692. The number of rotatable bonds is 3. The molecule has 0 fully saturated rings. The highest BCUT2D eigenvalue weighted by atomic mass is 15.0. The predicted octanol–water partition coefficient (Wildman–Crippen LogP) is 2.88. The number of hydrogen-bond acceptors (Lipinski definition) is 0. The van der Waals surface area contributed by atoms with Crippen molar-refractivity contribution in [3.8, 4) is 0 Å². The fraction of sp³-hybridized carbons (Fsp3) is 0.250. The molecule has 98 valence electrons. The number of aryl methyl sites for hydroxylation is 3. The molecule has 0 amide bonds. The maximum Gasteiger partial charge on any atom is 0.0797 e. The van der Waals surface area contributed by atoms with E-state index in [1.165, 1.54) is 17.1 Å². The van der Waals surface area contributed by atoms with Crippen molar-refractivity contribution < 1.29 is 0 Å². The van der Waals surface area contributed by atoms with Gasteiger partial charge in [-0.15, -0.1) is 0 Å². The average Bonchev–Trinajstić information content (AvgIpc) is 3.07. The highest BCUT2D eigenvalue weighted by molar-refractivity contribution is 5.36. The Morgan fingerprint density at radius 2 is 0.947 bits per heavy atom. The summed E-state index contributed by atoms with van der Waals surface area (Å²) in [6, 6.07) is 12.9. The first-order valence-electron chi connectivity index (χ1n) is 6.52. The molecule has 3 heterocycles. The average molecular weight is 253 g/mol. The van der Waals surface area contributed by atoms with Gasteiger partial charge < -0.3 is 13.7 Å². The molecular formula is C16H19N3. The van der Waals surface area contributed by atoms with Gasteiger partial charge in [-0.1, -0.05) is 0 Å². The first-order valence-corrected chi connectivity index (χ1v) is 6.52. The summed E-state index contributed by atoms with van der Waals surface area (Å²) in [7, 11) is 6.32. The number of nitrogens with zero attached hydrogens (tertiary/aromatic N) is 3. The fourth-order valence-corrected chi connectivity index (χ4v) is 2.78. The molecule has 3 nitrogen and oxygen atoms in total. The van der Waals surface area contributed by atoms with Crippen LogP contribution < -0.4 is 0 Å². The first-order chi connectivity index (χ1) is 9.18. The van der Waals surface area contributed by atoms with E-state index >= 15 is 0 Å². The number of aromatic nitrogens is 3. The molecule has 0 saturated carbocycles. The van der Waals surface area contributed by atoms with Crippen LogP contribution in [0.4, 0.5) is 0 Å². The van der Waals surface area contributed by atoms with Gasteiger partial charge >= 0.3 is 0 Å². The monoisotopic (exact) mass is 253 g/mol. The van der Waals surface area contributed by atoms with Crippen LogP contribution in [0.3, 0.4) is 0 Å². The highest BCUT2D eigenvalue weighted by Crippen LogP contribution is 2.31. The SMILES string of the molecule is Cn1cccc1C(c1cccn1C)c1cccn1C.